The molecule has 0 spiro atoms. The molecule has 82 valence electrons. The van der Waals surface area contributed by atoms with E-state index >= 15 is 0 Å². The lowest BCUT2D eigenvalue weighted by molar-refractivity contribution is 0.609. The monoisotopic (exact) mass is 217 g/mol. The summed E-state index contributed by atoms with van der Waals surface area (Å²) in [5, 5.41) is 0. The van der Waals surface area contributed by atoms with Gasteiger partial charge >= 0.3 is 0 Å². The standard InChI is InChI=1S/C12H12FN3/c13-10-7-9(12(14)3-4-12)1-2-11(10)16-6-5-15-8-16/h1-2,5-8H,3-4,14H2. The van der Waals surface area contributed by atoms with E-state index in [9.17, 15) is 4.39 Å². The number of halogens is 1. The summed E-state index contributed by atoms with van der Waals surface area (Å²) < 4.78 is 15.5. The van der Waals surface area contributed by atoms with Crippen LogP contribution in [0, 0.1) is 5.82 Å². The first-order chi connectivity index (χ1) is 7.69. The summed E-state index contributed by atoms with van der Waals surface area (Å²) in [7, 11) is 0. The molecule has 3 nitrogen and oxygen atoms in total. The summed E-state index contributed by atoms with van der Waals surface area (Å²) in [6, 6.07) is 5.17. The summed E-state index contributed by atoms with van der Waals surface area (Å²) in [6.07, 6.45) is 6.80. The Hall–Kier alpha value is -1.68. The number of aromatic nitrogens is 2. The van der Waals surface area contributed by atoms with Gasteiger partial charge in [0, 0.05) is 17.9 Å². The molecule has 0 atom stereocenters. The van der Waals surface area contributed by atoms with Crippen molar-refractivity contribution >= 4 is 0 Å². The first-order valence-electron chi connectivity index (χ1n) is 5.26. The van der Waals surface area contributed by atoms with Crippen molar-refractivity contribution in [3.63, 3.8) is 0 Å². The fraction of sp³-hybridized carbons (Fsp3) is 0.250. The molecular weight excluding hydrogens is 205 g/mol. The third-order valence-electron chi connectivity index (χ3n) is 3.09. The predicted octanol–water partition coefficient (Wildman–Crippen LogP) is 1.96. The lowest BCUT2D eigenvalue weighted by Gasteiger charge is -2.11. The van der Waals surface area contributed by atoms with Crippen LogP contribution in [-0.2, 0) is 5.54 Å². The minimum atomic E-state index is -0.283. The largest absolute Gasteiger partial charge is 0.321 e. The third-order valence-corrected chi connectivity index (χ3v) is 3.09. The van der Waals surface area contributed by atoms with Gasteiger partial charge in [0.25, 0.3) is 0 Å². The Morgan fingerprint density at radius 1 is 1.38 bits per heavy atom. The maximum atomic E-state index is 13.9. The van der Waals surface area contributed by atoms with Crippen LogP contribution in [0.4, 0.5) is 4.39 Å². The molecule has 16 heavy (non-hydrogen) atoms. The van der Waals surface area contributed by atoms with Gasteiger partial charge in [-0.2, -0.15) is 0 Å². The van der Waals surface area contributed by atoms with E-state index in [-0.39, 0.29) is 11.4 Å². The highest BCUT2D eigenvalue weighted by molar-refractivity contribution is 5.40. The lowest BCUT2D eigenvalue weighted by Crippen LogP contribution is -2.19. The molecule has 2 N–H and O–H groups in total. The summed E-state index contributed by atoms with van der Waals surface area (Å²) in [5.41, 5.74) is 7.12. The topological polar surface area (TPSA) is 43.8 Å². The van der Waals surface area contributed by atoms with E-state index in [1.54, 1.807) is 29.4 Å². The van der Waals surface area contributed by atoms with Crippen molar-refractivity contribution in [2.45, 2.75) is 18.4 Å². The Labute approximate surface area is 92.7 Å². The van der Waals surface area contributed by atoms with Crippen molar-refractivity contribution in [2.24, 2.45) is 5.73 Å². The van der Waals surface area contributed by atoms with E-state index in [0.717, 1.165) is 18.4 Å². The molecule has 2 aromatic rings. The van der Waals surface area contributed by atoms with E-state index in [1.807, 2.05) is 6.07 Å². The molecule has 1 fully saturated rings. The van der Waals surface area contributed by atoms with Crippen molar-refractivity contribution in [1.82, 2.24) is 9.55 Å². The second-order valence-electron chi connectivity index (χ2n) is 4.29. The second-order valence-corrected chi connectivity index (χ2v) is 4.29. The zero-order chi connectivity index (χ0) is 11.2. The van der Waals surface area contributed by atoms with E-state index in [0.29, 0.717) is 5.69 Å². The van der Waals surface area contributed by atoms with Gasteiger partial charge in [-0.05, 0) is 30.5 Å². The van der Waals surface area contributed by atoms with Gasteiger partial charge in [0.2, 0.25) is 0 Å². The zero-order valence-corrected chi connectivity index (χ0v) is 8.73. The van der Waals surface area contributed by atoms with Gasteiger partial charge < -0.3 is 10.3 Å². The van der Waals surface area contributed by atoms with Gasteiger partial charge in [0.15, 0.2) is 0 Å². The summed E-state index contributed by atoms with van der Waals surface area (Å²) in [6.45, 7) is 0. The van der Waals surface area contributed by atoms with Gasteiger partial charge in [-0.3, -0.25) is 0 Å². The molecule has 4 heteroatoms. The van der Waals surface area contributed by atoms with Crippen LogP contribution in [-0.4, -0.2) is 9.55 Å². The van der Waals surface area contributed by atoms with Crippen LogP contribution in [0.25, 0.3) is 5.69 Å². The molecule has 0 radical (unpaired) electrons. The highest BCUT2D eigenvalue weighted by Gasteiger charge is 2.40. The van der Waals surface area contributed by atoms with E-state index in [4.69, 9.17) is 5.73 Å². The number of hydrogen-bond acceptors (Lipinski definition) is 2. The quantitative estimate of drug-likeness (QED) is 0.835. The van der Waals surface area contributed by atoms with Crippen LogP contribution >= 0.6 is 0 Å². The third kappa shape index (κ3) is 1.42. The molecule has 1 saturated carbocycles. The predicted molar refractivity (Wildman–Crippen MR) is 58.6 cm³/mol. The summed E-state index contributed by atoms with van der Waals surface area (Å²) in [4.78, 5) is 3.89. The molecule has 0 bridgehead atoms. The highest BCUT2D eigenvalue weighted by atomic mass is 19.1. The van der Waals surface area contributed by atoms with Crippen LogP contribution in [0.15, 0.2) is 36.9 Å². The molecule has 1 aliphatic rings. The second kappa shape index (κ2) is 3.15. The van der Waals surface area contributed by atoms with Crippen LogP contribution < -0.4 is 5.73 Å². The maximum Gasteiger partial charge on any atom is 0.147 e. The molecule has 1 aliphatic carbocycles. The highest BCUT2D eigenvalue weighted by Crippen LogP contribution is 2.43. The maximum absolute atomic E-state index is 13.9. The van der Waals surface area contributed by atoms with Crippen LogP contribution in [0.1, 0.15) is 18.4 Å². The molecule has 1 heterocycles. The molecule has 0 amide bonds. The number of benzene rings is 1. The molecule has 1 aromatic carbocycles. The van der Waals surface area contributed by atoms with Crippen LogP contribution in [0.5, 0.6) is 0 Å². The zero-order valence-electron chi connectivity index (χ0n) is 8.73. The molecule has 1 aromatic heterocycles. The number of nitrogens with zero attached hydrogens (tertiary/aromatic N) is 2. The molecular formula is C12H12FN3. The minimum Gasteiger partial charge on any atom is -0.321 e. The molecule has 0 saturated heterocycles. The Balaban J connectivity index is 2.04. The van der Waals surface area contributed by atoms with Gasteiger partial charge in [-0.1, -0.05) is 6.07 Å². The lowest BCUT2D eigenvalue weighted by atomic mass is 10.1. The van der Waals surface area contributed by atoms with E-state index < -0.39 is 0 Å². The van der Waals surface area contributed by atoms with Crippen molar-refractivity contribution in [1.29, 1.82) is 0 Å². The molecule has 0 unspecified atom stereocenters. The number of hydrogen-bond donors (Lipinski definition) is 1. The Kier molecular flexibility index (Phi) is 1.88. The SMILES string of the molecule is NC1(c2ccc(-n3ccnc3)c(F)c2)CC1. The van der Waals surface area contributed by atoms with Gasteiger partial charge in [0.05, 0.1) is 12.0 Å². The fourth-order valence-electron chi connectivity index (χ4n) is 1.85. The summed E-state index contributed by atoms with van der Waals surface area (Å²) in [5.74, 6) is -0.257. The Morgan fingerprint density at radius 3 is 2.75 bits per heavy atom. The number of rotatable bonds is 2. The average molecular weight is 217 g/mol. The van der Waals surface area contributed by atoms with Crippen LogP contribution in [0.2, 0.25) is 0 Å². The molecule has 0 aliphatic heterocycles. The number of nitrogens with two attached hydrogens (primary N) is 1. The first-order valence-corrected chi connectivity index (χ1v) is 5.26. The fourth-order valence-corrected chi connectivity index (χ4v) is 1.85. The average Bonchev–Trinajstić information content (AvgIpc) is 2.82. The number of imidazole rings is 1. The van der Waals surface area contributed by atoms with Crippen LogP contribution in [0.3, 0.4) is 0 Å². The van der Waals surface area contributed by atoms with E-state index in [1.165, 1.54) is 6.07 Å². The van der Waals surface area contributed by atoms with Crippen molar-refractivity contribution in [2.75, 3.05) is 0 Å². The smallest absolute Gasteiger partial charge is 0.147 e. The summed E-state index contributed by atoms with van der Waals surface area (Å²) >= 11 is 0. The van der Waals surface area contributed by atoms with Crippen molar-refractivity contribution in [3.05, 3.63) is 48.3 Å². The normalized spacial score (nSPS) is 17.4. The molecule has 3 rings (SSSR count). The van der Waals surface area contributed by atoms with Gasteiger partial charge in [-0.25, -0.2) is 9.37 Å². The Bertz CT molecular complexity index is 515. The van der Waals surface area contributed by atoms with Gasteiger partial charge in [0.1, 0.15) is 5.82 Å². The minimum absolute atomic E-state index is 0.257. The van der Waals surface area contributed by atoms with E-state index in [2.05, 4.69) is 4.98 Å². The first kappa shape index (κ1) is 9.54. The van der Waals surface area contributed by atoms with Gasteiger partial charge in [-0.15, -0.1) is 0 Å². The van der Waals surface area contributed by atoms with Crippen molar-refractivity contribution in [3.8, 4) is 5.69 Å². The Morgan fingerprint density at radius 2 is 2.19 bits per heavy atom. The van der Waals surface area contributed by atoms with Crippen molar-refractivity contribution < 1.29 is 4.39 Å².